The standard InChI is InChI=1S/C12H14N2O2/c1-13-11-5-2-9-4-7-12(14(15)16)8-10(9)3-6-11/h3-4,6-8,11,13H,2,5H2,1H3. The van der Waals surface area contributed by atoms with E-state index < -0.39 is 0 Å². The highest BCUT2D eigenvalue weighted by Crippen LogP contribution is 2.23. The Hall–Kier alpha value is -1.68. The number of fused-ring (bicyclic) bond motifs is 1. The summed E-state index contributed by atoms with van der Waals surface area (Å²) in [5.74, 6) is 0. The molecule has 1 atom stereocenters. The summed E-state index contributed by atoms with van der Waals surface area (Å²) in [6.07, 6.45) is 6.01. The lowest BCUT2D eigenvalue weighted by molar-refractivity contribution is -0.384. The molecule has 1 N–H and O–H groups in total. The highest BCUT2D eigenvalue weighted by Gasteiger charge is 2.13. The van der Waals surface area contributed by atoms with Gasteiger partial charge in [0.15, 0.2) is 0 Å². The van der Waals surface area contributed by atoms with Crippen LogP contribution in [-0.4, -0.2) is 18.0 Å². The number of nitro groups is 1. The van der Waals surface area contributed by atoms with E-state index in [4.69, 9.17) is 0 Å². The predicted molar refractivity (Wildman–Crippen MR) is 63.3 cm³/mol. The van der Waals surface area contributed by atoms with E-state index in [1.54, 1.807) is 12.1 Å². The molecular formula is C12H14N2O2. The van der Waals surface area contributed by atoms with E-state index in [0.29, 0.717) is 6.04 Å². The maximum atomic E-state index is 10.7. The first-order valence-corrected chi connectivity index (χ1v) is 5.33. The smallest absolute Gasteiger partial charge is 0.270 e. The summed E-state index contributed by atoms with van der Waals surface area (Å²) in [5, 5.41) is 13.9. The van der Waals surface area contributed by atoms with Gasteiger partial charge in [-0.25, -0.2) is 0 Å². The average Bonchev–Trinajstić information content (AvgIpc) is 2.50. The fourth-order valence-corrected chi connectivity index (χ4v) is 1.95. The second kappa shape index (κ2) is 4.45. The number of hydrogen-bond donors (Lipinski definition) is 1. The lowest BCUT2D eigenvalue weighted by Gasteiger charge is -2.08. The largest absolute Gasteiger partial charge is 0.314 e. The van der Waals surface area contributed by atoms with Gasteiger partial charge in [0.2, 0.25) is 0 Å². The summed E-state index contributed by atoms with van der Waals surface area (Å²) in [6.45, 7) is 0. The fourth-order valence-electron chi connectivity index (χ4n) is 1.95. The maximum absolute atomic E-state index is 10.7. The van der Waals surface area contributed by atoms with Gasteiger partial charge in [-0.2, -0.15) is 0 Å². The zero-order valence-electron chi connectivity index (χ0n) is 9.14. The molecular weight excluding hydrogens is 204 g/mol. The molecule has 0 aromatic heterocycles. The first-order valence-electron chi connectivity index (χ1n) is 5.33. The van der Waals surface area contributed by atoms with Crippen LogP contribution in [0.2, 0.25) is 0 Å². The van der Waals surface area contributed by atoms with E-state index in [1.807, 2.05) is 19.2 Å². The number of nitrogens with zero attached hydrogens (tertiary/aromatic N) is 1. The van der Waals surface area contributed by atoms with Crippen molar-refractivity contribution in [1.82, 2.24) is 5.32 Å². The molecule has 1 aliphatic rings. The molecule has 16 heavy (non-hydrogen) atoms. The van der Waals surface area contributed by atoms with Gasteiger partial charge in [-0.1, -0.05) is 18.2 Å². The van der Waals surface area contributed by atoms with Crippen LogP contribution in [0.1, 0.15) is 17.5 Å². The lowest BCUT2D eigenvalue weighted by Crippen LogP contribution is -2.22. The van der Waals surface area contributed by atoms with Crippen LogP contribution < -0.4 is 5.32 Å². The van der Waals surface area contributed by atoms with Crippen molar-refractivity contribution in [3.05, 3.63) is 45.5 Å². The molecule has 0 aliphatic heterocycles. The Morgan fingerprint density at radius 3 is 3.00 bits per heavy atom. The van der Waals surface area contributed by atoms with Gasteiger partial charge in [0.1, 0.15) is 0 Å². The average molecular weight is 218 g/mol. The molecule has 1 unspecified atom stereocenters. The predicted octanol–water partition coefficient (Wildman–Crippen LogP) is 2.14. The van der Waals surface area contributed by atoms with E-state index in [2.05, 4.69) is 11.4 Å². The second-order valence-electron chi connectivity index (χ2n) is 3.93. The van der Waals surface area contributed by atoms with Crippen LogP contribution >= 0.6 is 0 Å². The Kier molecular flexibility index (Phi) is 3.01. The van der Waals surface area contributed by atoms with E-state index in [9.17, 15) is 10.1 Å². The molecule has 1 aliphatic carbocycles. The minimum Gasteiger partial charge on any atom is -0.314 e. The number of aryl methyl sites for hydroxylation is 1. The number of hydrogen-bond acceptors (Lipinski definition) is 3. The molecule has 0 saturated heterocycles. The monoisotopic (exact) mass is 218 g/mol. The van der Waals surface area contributed by atoms with Gasteiger partial charge in [0.05, 0.1) is 4.92 Å². The van der Waals surface area contributed by atoms with Gasteiger partial charge >= 0.3 is 0 Å². The first-order chi connectivity index (χ1) is 7.70. The van der Waals surface area contributed by atoms with Gasteiger partial charge in [-0.05, 0) is 31.0 Å². The fraction of sp³-hybridized carbons (Fsp3) is 0.333. The second-order valence-corrected chi connectivity index (χ2v) is 3.93. The van der Waals surface area contributed by atoms with E-state index in [-0.39, 0.29) is 10.6 Å². The van der Waals surface area contributed by atoms with Crippen LogP contribution in [0.4, 0.5) is 5.69 Å². The van der Waals surface area contributed by atoms with Gasteiger partial charge in [0.25, 0.3) is 5.69 Å². The molecule has 0 heterocycles. The Morgan fingerprint density at radius 2 is 2.31 bits per heavy atom. The summed E-state index contributed by atoms with van der Waals surface area (Å²) >= 11 is 0. The van der Waals surface area contributed by atoms with Crippen molar-refractivity contribution in [3.63, 3.8) is 0 Å². The van der Waals surface area contributed by atoms with Crippen molar-refractivity contribution in [2.24, 2.45) is 0 Å². The summed E-state index contributed by atoms with van der Waals surface area (Å²) < 4.78 is 0. The van der Waals surface area contributed by atoms with Crippen LogP contribution in [0.25, 0.3) is 6.08 Å². The molecule has 0 fully saturated rings. The summed E-state index contributed by atoms with van der Waals surface area (Å²) in [4.78, 5) is 10.3. The Morgan fingerprint density at radius 1 is 1.50 bits per heavy atom. The number of benzene rings is 1. The molecule has 2 rings (SSSR count). The van der Waals surface area contributed by atoms with Crippen LogP contribution in [0, 0.1) is 10.1 Å². The minimum absolute atomic E-state index is 0.159. The third kappa shape index (κ3) is 2.12. The molecule has 0 amide bonds. The van der Waals surface area contributed by atoms with Gasteiger partial charge in [-0.15, -0.1) is 0 Å². The molecule has 0 bridgehead atoms. The summed E-state index contributed by atoms with van der Waals surface area (Å²) in [6, 6.07) is 5.43. The highest BCUT2D eigenvalue weighted by molar-refractivity contribution is 5.59. The van der Waals surface area contributed by atoms with Crippen LogP contribution in [0.15, 0.2) is 24.3 Å². The third-order valence-corrected chi connectivity index (χ3v) is 2.94. The number of nitrogens with one attached hydrogen (secondary N) is 1. The summed E-state index contributed by atoms with van der Waals surface area (Å²) in [5.41, 5.74) is 2.30. The zero-order valence-corrected chi connectivity index (χ0v) is 9.14. The van der Waals surface area contributed by atoms with Crippen molar-refractivity contribution >= 4 is 11.8 Å². The van der Waals surface area contributed by atoms with E-state index in [0.717, 1.165) is 18.4 Å². The van der Waals surface area contributed by atoms with Gasteiger partial charge in [-0.3, -0.25) is 10.1 Å². The number of rotatable bonds is 2. The number of non-ortho nitro benzene ring substituents is 1. The summed E-state index contributed by atoms with van der Waals surface area (Å²) in [7, 11) is 1.92. The topological polar surface area (TPSA) is 55.2 Å². The van der Waals surface area contributed by atoms with Gasteiger partial charge < -0.3 is 5.32 Å². The minimum atomic E-state index is -0.353. The van der Waals surface area contributed by atoms with Crippen molar-refractivity contribution in [3.8, 4) is 0 Å². The maximum Gasteiger partial charge on any atom is 0.270 e. The molecule has 84 valence electrons. The van der Waals surface area contributed by atoms with Gasteiger partial charge in [0, 0.05) is 18.2 Å². The first kappa shape index (κ1) is 10.8. The van der Waals surface area contributed by atoms with Crippen LogP contribution in [0.3, 0.4) is 0 Å². The van der Waals surface area contributed by atoms with Crippen LogP contribution in [0.5, 0.6) is 0 Å². The Bertz CT molecular complexity index is 441. The number of nitro benzene ring substituents is 1. The van der Waals surface area contributed by atoms with Crippen molar-refractivity contribution in [2.75, 3.05) is 7.05 Å². The molecule has 4 heteroatoms. The number of likely N-dealkylation sites (N-methyl/N-ethyl adjacent to an activating group) is 1. The SMILES string of the molecule is CNC1C=Cc2cc([N+](=O)[O-])ccc2CC1. The third-order valence-electron chi connectivity index (χ3n) is 2.94. The van der Waals surface area contributed by atoms with E-state index in [1.165, 1.54) is 5.56 Å². The normalized spacial score (nSPS) is 18.9. The molecule has 0 spiro atoms. The highest BCUT2D eigenvalue weighted by atomic mass is 16.6. The van der Waals surface area contributed by atoms with Crippen molar-refractivity contribution in [2.45, 2.75) is 18.9 Å². The molecule has 1 aromatic rings. The Balaban J connectivity index is 2.35. The molecule has 1 aromatic carbocycles. The van der Waals surface area contributed by atoms with Crippen molar-refractivity contribution < 1.29 is 4.92 Å². The van der Waals surface area contributed by atoms with Crippen LogP contribution in [-0.2, 0) is 6.42 Å². The van der Waals surface area contributed by atoms with Crippen molar-refractivity contribution in [1.29, 1.82) is 0 Å². The quantitative estimate of drug-likeness (QED) is 0.611. The van der Waals surface area contributed by atoms with E-state index >= 15 is 0 Å². The lowest BCUT2D eigenvalue weighted by atomic mass is 10.0. The molecule has 0 radical (unpaired) electrons. The molecule has 4 nitrogen and oxygen atoms in total. The zero-order chi connectivity index (χ0) is 11.5. The Labute approximate surface area is 94.1 Å². The molecule has 0 saturated carbocycles.